The third-order valence-electron chi connectivity index (χ3n) is 4.06. The fourth-order valence-electron chi connectivity index (χ4n) is 2.91. The highest BCUT2D eigenvalue weighted by molar-refractivity contribution is 6.07. The van der Waals surface area contributed by atoms with Gasteiger partial charge in [-0.15, -0.1) is 0 Å². The van der Waals surface area contributed by atoms with E-state index in [2.05, 4.69) is 22.8 Å². The van der Waals surface area contributed by atoms with Gasteiger partial charge in [0, 0.05) is 5.56 Å². The molecule has 0 spiro atoms. The van der Waals surface area contributed by atoms with Crippen LogP contribution in [0.15, 0.2) is 41.4 Å². The third kappa shape index (κ3) is 3.33. The number of methoxy groups -OCH3 is 3. The summed E-state index contributed by atoms with van der Waals surface area (Å²) < 4.78 is 16.5. The van der Waals surface area contributed by atoms with E-state index in [1.807, 2.05) is 31.2 Å². The molecule has 1 heterocycles. The lowest BCUT2D eigenvalue weighted by atomic mass is 10.1. The Hall–Kier alpha value is -2.89. The zero-order chi connectivity index (χ0) is 17.8. The van der Waals surface area contributed by atoms with E-state index in [4.69, 9.17) is 19.2 Å². The minimum absolute atomic E-state index is 0.00836. The van der Waals surface area contributed by atoms with Crippen molar-refractivity contribution < 1.29 is 14.2 Å². The van der Waals surface area contributed by atoms with Crippen molar-refractivity contribution in [2.75, 3.05) is 26.6 Å². The maximum absolute atomic E-state index is 5.59. The minimum atomic E-state index is 0.00836. The number of nitrogens with zero attached hydrogens (tertiary/aromatic N) is 1. The van der Waals surface area contributed by atoms with Crippen LogP contribution >= 0.6 is 0 Å². The number of rotatable bonds is 5. The molecule has 0 saturated carbocycles. The summed E-state index contributed by atoms with van der Waals surface area (Å²) in [5, 5.41) is 6.75. The number of aliphatic imine (C=N–C) groups is 1. The molecule has 0 saturated heterocycles. The van der Waals surface area contributed by atoms with Gasteiger partial charge in [0.25, 0.3) is 0 Å². The van der Waals surface area contributed by atoms with Crippen LogP contribution in [0.1, 0.15) is 18.1 Å². The molecule has 1 aliphatic rings. The Balaban J connectivity index is 2.07. The van der Waals surface area contributed by atoms with Crippen molar-refractivity contribution in [2.45, 2.75) is 19.6 Å². The first-order valence-electron chi connectivity index (χ1n) is 8.12. The molecule has 0 radical (unpaired) electrons. The smallest absolute Gasteiger partial charge is 0.205 e. The predicted molar refractivity (Wildman–Crippen MR) is 99.0 cm³/mol. The van der Waals surface area contributed by atoms with E-state index in [1.165, 1.54) is 0 Å². The minimum Gasteiger partial charge on any atom is -0.493 e. The molecule has 0 aliphatic carbocycles. The number of hydrogen-bond acceptors (Lipinski definition) is 5. The monoisotopic (exact) mass is 341 g/mol. The van der Waals surface area contributed by atoms with Crippen LogP contribution in [0.5, 0.6) is 17.2 Å². The Morgan fingerprint density at radius 2 is 1.68 bits per heavy atom. The molecule has 2 aromatic rings. The molecular weight excluding hydrogens is 318 g/mol. The zero-order valence-corrected chi connectivity index (χ0v) is 14.9. The van der Waals surface area contributed by atoms with Gasteiger partial charge in [-0.25, -0.2) is 0 Å². The van der Waals surface area contributed by atoms with Gasteiger partial charge in [0.15, 0.2) is 11.5 Å². The average molecular weight is 341 g/mol. The highest BCUT2D eigenvalue weighted by Gasteiger charge is 2.28. The van der Waals surface area contributed by atoms with Crippen LogP contribution in [0.3, 0.4) is 0 Å². The summed E-state index contributed by atoms with van der Waals surface area (Å²) in [7, 11) is 4.82. The number of anilines is 1. The number of amidine groups is 1. The number of ether oxygens (including phenoxy) is 3. The van der Waals surface area contributed by atoms with E-state index >= 15 is 0 Å². The zero-order valence-electron chi connectivity index (χ0n) is 14.9. The van der Waals surface area contributed by atoms with Crippen LogP contribution in [-0.4, -0.2) is 33.3 Å². The maximum Gasteiger partial charge on any atom is 0.205 e. The summed E-state index contributed by atoms with van der Waals surface area (Å²) in [5.74, 6) is 2.57. The molecule has 2 N–H and O–H groups in total. The molecular formula is C19H23N3O3. The highest BCUT2D eigenvalue weighted by Crippen LogP contribution is 2.46. The number of hydrogen-bond donors (Lipinski definition) is 2. The lowest BCUT2D eigenvalue weighted by molar-refractivity contribution is 0.325. The molecule has 132 valence electrons. The SMILES string of the molecule is COc1cc2c(c(OC)c1OC)NC(C)NC2=NCc1ccccc1. The number of nitrogens with one attached hydrogen (secondary N) is 2. The Bertz CT molecular complexity index is 775. The summed E-state index contributed by atoms with van der Waals surface area (Å²) in [6, 6.07) is 12.1. The first kappa shape index (κ1) is 17.0. The van der Waals surface area contributed by atoms with Gasteiger partial charge in [-0.2, -0.15) is 0 Å². The Morgan fingerprint density at radius 3 is 2.32 bits per heavy atom. The average Bonchev–Trinajstić information content (AvgIpc) is 2.65. The molecule has 0 fully saturated rings. The summed E-state index contributed by atoms with van der Waals surface area (Å²) >= 11 is 0. The standard InChI is InChI=1S/C19H23N3O3/c1-12-21-16-14(10-15(23-2)17(24-3)18(16)25-4)19(22-12)20-11-13-8-6-5-7-9-13/h5-10,12,21H,11H2,1-4H3,(H,20,22). The molecule has 1 atom stereocenters. The van der Waals surface area contributed by atoms with Gasteiger partial charge in [0.05, 0.1) is 39.7 Å². The van der Waals surface area contributed by atoms with E-state index in [-0.39, 0.29) is 6.17 Å². The normalized spacial score (nSPS) is 17.3. The molecule has 1 unspecified atom stereocenters. The van der Waals surface area contributed by atoms with Crippen LogP contribution in [0, 0.1) is 0 Å². The van der Waals surface area contributed by atoms with Crippen LogP contribution in [0.25, 0.3) is 0 Å². The maximum atomic E-state index is 5.59. The summed E-state index contributed by atoms with van der Waals surface area (Å²) in [6.07, 6.45) is 0.00836. The van der Waals surface area contributed by atoms with E-state index in [0.717, 1.165) is 22.6 Å². The van der Waals surface area contributed by atoms with Crippen molar-refractivity contribution in [3.05, 3.63) is 47.5 Å². The Labute approximate surface area is 147 Å². The molecule has 1 aliphatic heterocycles. The lowest BCUT2D eigenvalue weighted by Crippen LogP contribution is -2.43. The molecule has 6 heteroatoms. The van der Waals surface area contributed by atoms with Crippen LogP contribution in [0.4, 0.5) is 5.69 Å². The van der Waals surface area contributed by atoms with Gasteiger partial charge in [-0.1, -0.05) is 30.3 Å². The fourth-order valence-corrected chi connectivity index (χ4v) is 2.91. The second-order valence-electron chi connectivity index (χ2n) is 5.73. The molecule has 3 rings (SSSR count). The highest BCUT2D eigenvalue weighted by atomic mass is 16.5. The van der Waals surface area contributed by atoms with Gasteiger partial charge < -0.3 is 24.8 Å². The van der Waals surface area contributed by atoms with Crippen molar-refractivity contribution in [1.29, 1.82) is 0 Å². The van der Waals surface area contributed by atoms with E-state index < -0.39 is 0 Å². The second kappa shape index (κ2) is 7.34. The van der Waals surface area contributed by atoms with Gasteiger partial charge in [0.2, 0.25) is 5.75 Å². The second-order valence-corrected chi connectivity index (χ2v) is 5.73. The molecule has 0 bridgehead atoms. The van der Waals surface area contributed by atoms with Gasteiger partial charge >= 0.3 is 0 Å². The van der Waals surface area contributed by atoms with E-state index in [9.17, 15) is 0 Å². The van der Waals surface area contributed by atoms with Crippen LogP contribution < -0.4 is 24.8 Å². The number of benzene rings is 2. The van der Waals surface area contributed by atoms with Gasteiger partial charge in [0.1, 0.15) is 5.84 Å². The molecule has 25 heavy (non-hydrogen) atoms. The summed E-state index contributed by atoms with van der Waals surface area (Å²) in [5.41, 5.74) is 2.89. The number of fused-ring (bicyclic) bond motifs is 1. The van der Waals surface area contributed by atoms with Crippen molar-refractivity contribution in [3.8, 4) is 17.2 Å². The van der Waals surface area contributed by atoms with Crippen molar-refractivity contribution in [2.24, 2.45) is 4.99 Å². The Morgan fingerprint density at radius 1 is 0.960 bits per heavy atom. The van der Waals surface area contributed by atoms with Crippen LogP contribution in [-0.2, 0) is 6.54 Å². The summed E-state index contributed by atoms with van der Waals surface area (Å²) in [4.78, 5) is 4.77. The summed E-state index contributed by atoms with van der Waals surface area (Å²) in [6.45, 7) is 2.61. The van der Waals surface area contributed by atoms with E-state index in [1.54, 1.807) is 21.3 Å². The topological polar surface area (TPSA) is 64.1 Å². The molecule has 0 amide bonds. The lowest BCUT2D eigenvalue weighted by Gasteiger charge is -2.30. The predicted octanol–water partition coefficient (Wildman–Crippen LogP) is 3.02. The largest absolute Gasteiger partial charge is 0.493 e. The van der Waals surface area contributed by atoms with Gasteiger partial charge in [-0.3, -0.25) is 4.99 Å². The quantitative estimate of drug-likeness (QED) is 0.875. The van der Waals surface area contributed by atoms with Crippen molar-refractivity contribution >= 4 is 11.5 Å². The molecule has 6 nitrogen and oxygen atoms in total. The van der Waals surface area contributed by atoms with Gasteiger partial charge in [-0.05, 0) is 18.6 Å². The van der Waals surface area contributed by atoms with E-state index in [0.29, 0.717) is 23.8 Å². The Kier molecular flexibility index (Phi) is 4.97. The molecule has 2 aromatic carbocycles. The first-order chi connectivity index (χ1) is 12.2. The third-order valence-corrected chi connectivity index (χ3v) is 4.06. The van der Waals surface area contributed by atoms with Crippen molar-refractivity contribution in [3.63, 3.8) is 0 Å². The fraction of sp³-hybridized carbons (Fsp3) is 0.316. The van der Waals surface area contributed by atoms with Crippen LogP contribution in [0.2, 0.25) is 0 Å². The first-order valence-corrected chi connectivity index (χ1v) is 8.12. The molecule has 0 aromatic heterocycles. The van der Waals surface area contributed by atoms with Crippen molar-refractivity contribution in [1.82, 2.24) is 5.32 Å².